The zero-order valence-corrected chi connectivity index (χ0v) is 31.8. The van der Waals surface area contributed by atoms with E-state index in [1.165, 1.54) is 35.0 Å². The number of hydrogen-bond donors (Lipinski definition) is 0. The number of aryl methyl sites for hydroxylation is 1. The second-order valence-electron chi connectivity index (χ2n) is 13.1. The van der Waals surface area contributed by atoms with Crippen LogP contribution in [0.25, 0.3) is 66.7 Å². The van der Waals surface area contributed by atoms with Crippen LogP contribution in [0.4, 0.5) is 4.39 Å². The molecule has 0 spiro atoms. The number of hydrogen-bond acceptors (Lipinski definition) is 3. The largest absolute Gasteiger partial charge is 2.00 e. The molecule has 3 aromatic heterocycles. The normalized spacial score (nSPS) is 11.2. The van der Waals surface area contributed by atoms with Gasteiger partial charge in [0, 0.05) is 46.1 Å². The van der Waals surface area contributed by atoms with E-state index in [1.54, 1.807) is 0 Å². The fourth-order valence-electron chi connectivity index (χ4n) is 7.53. The van der Waals surface area contributed by atoms with Crippen LogP contribution >= 0.6 is 0 Å². The van der Waals surface area contributed by atoms with Crippen molar-refractivity contribution in [2.75, 3.05) is 0 Å². The SMILES string of the molecule is CCc1nn(-c2[c-]c(Oc3[c-]c4c(cc3)c3ccccc3n4-c3cc(F)ccn3)ccc2)c(CC)c1-c1c(-c2ccccc2)cccc1-c1ccccc1.[Pd+2]. The molecule has 5 nitrogen and oxygen atoms in total. The molecule has 0 radical (unpaired) electrons. The molecule has 0 amide bonds. The average Bonchev–Trinajstić information content (AvgIpc) is 3.76. The van der Waals surface area contributed by atoms with Gasteiger partial charge in [-0.05, 0) is 58.3 Å². The summed E-state index contributed by atoms with van der Waals surface area (Å²) in [4.78, 5) is 4.49. The number of pyridine rings is 1. The molecule has 55 heavy (non-hydrogen) atoms. The summed E-state index contributed by atoms with van der Waals surface area (Å²) in [5, 5.41) is 7.25. The number of rotatable bonds is 9. The standard InChI is InChI=1S/C48H35FN4O.Pd/c1-3-42-48(47-38(32-15-7-5-8-16-32)22-14-23-39(47)33-17-9-6-10-18-33)43(4-2)53(51-42)35-19-13-20-36(30-35)54-37-25-26-41-40-21-11-12-24-44(40)52(45(41)31-37)46-29-34(49)27-28-50-46;/h5-29H,3-4H2,1-2H3;/q-2;+2. The van der Waals surface area contributed by atoms with E-state index in [2.05, 4.69) is 110 Å². The average molecular weight is 809 g/mol. The van der Waals surface area contributed by atoms with E-state index in [4.69, 9.17) is 9.84 Å². The summed E-state index contributed by atoms with van der Waals surface area (Å²) < 4.78 is 24.8. The molecule has 9 rings (SSSR count). The van der Waals surface area contributed by atoms with Gasteiger partial charge in [0.1, 0.15) is 11.6 Å². The molecule has 0 unspecified atom stereocenters. The topological polar surface area (TPSA) is 44.9 Å². The molecule has 0 N–H and O–H groups in total. The summed E-state index contributed by atoms with van der Waals surface area (Å²) in [5.74, 6) is 1.15. The van der Waals surface area contributed by atoms with Crippen molar-refractivity contribution in [2.24, 2.45) is 0 Å². The minimum absolute atomic E-state index is 0. The molecule has 0 atom stereocenters. The van der Waals surface area contributed by atoms with Gasteiger partial charge < -0.3 is 9.30 Å². The minimum atomic E-state index is -0.357. The maximum absolute atomic E-state index is 14.4. The van der Waals surface area contributed by atoms with Crippen LogP contribution in [0, 0.1) is 17.9 Å². The number of nitrogens with zero attached hydrogens (tertiary/aromatic N) is 4. The Balaban J connectivity index is 0.00000427. The van der Waals surface area contributed by atoms with Gasteiger partial charge >= 0.3 is 20.4 Å². The molecule has 270 valence electrons. The molecule has 0 aliphatic heterocycles. The second kappa shape index (κ2) is 15.3. The Kier molecular flexibility index (Phi) is 9.99. The number of ether oxygens (including phenoxy) is 1. The Labute approximate surface area is 333 Å². The molecule has 3 heterocycles. The van der Waals surface area contributed by atoms with E-state index in [1.807, 2.05) is 63.8 Å². The summed E-state index contributed by atoms with van der Waals surface area (Å²) in [6, 6.07) is 55.3. The van der Waals surface area contributed by atoms with Crippen LogP contribution in [0.3, 0.4) is 0 Å². The smallest absolute Gasteiger partial charge is 0.509 e. The van der Waals surface area contributed by atoms with Gasteiger partial charge in [0.15, 0.2) is 0 Å². The molecule has 9 aromatic rings. The van der Waals surface area contributed by atoms with Crippen molar-refractivity contribution in [3.05, 3.63) is 181 Å². The van der Waals surface area contributed by atoms with E-state index in [-0.39, 0.29) is 26.2 Å². The zero-order valence-electron chi connectivity index (χ0n) is 30.2. The van der Waals surface area contributed by atoms with Gasteiger partial charge in [0.2, 0.25) is 0 Å². The Morgan fingerprint density at radius 2 is 1.31 bits per heavy atom. The fraction of sp³-hybridized carbons (Fsp3) is 0.0833. The molecule has 0 aliphatic carbocycles. The Bertz CT molecular complexity index is 2730. The third kappa shape index (κ3) is 6.57. The summed E-state index contributed by atoms with van der Waals surface area (Å²) in [6.45, 7) is 4.34. The first kappa shape index (κ1) is 35.9. The molecule has 0 fully saturated rings. The van der Waals surface area contributed by atoms with Crippen LogP contribution in [-0.4, -0.2) is 19.3 Å². The quantitative estimate of drug-likeness (QED) is 0.108. The van der Waals surface area contributed by atoms with Crippen LogP contribution in [0.15, 0.2) is 152 Å². The van der Waals surface area contributed by atoms with Gasteiger partial charge in [-0.1, -0.05) is 116 Å². The van der Waals surface area contributed by atoms with Gasteiger partial charge in [-0.25, -0.2) is 9.37 Å². The number of para-hydroxylation sites is 1. The fourth-order valence-corrected chi connectivity index (χ4v) is 7.53. The Morgan fingerprint density at radius 3 is 2.00 bits per heavy atom. The van der Waals surface area contributed by atoms with E-state index in [9.17, 15) is 4.39 Å². The number of halogens is 1. The van der Waals surface area contributed by atoms with E-state index >= 15 is 0 Å². The van der Waals surface area contributed by atoms with Crippen molar-refractivity contribution in [2.45, 2.75) is 26.7 Å². The first-order chi connectivity index (χ1) is 26.6. The van der Waals surface area contributed by atoms with Crippen LogP contribution in [-0.2, 0) is 33.3 Å². The maximum atomic E-state index is 14.4. The Morgan fingerprint density at radius 1 is 0.636 bits per heavy atom. The molecular formula is C48H35FN4OPd. The molecule has 6 aromatic carbocycles. The third-order valence-electron chi connectivity index (χ3n) is 9.90. The van der Waals surface area contributed by atoms with Crippen molar-refractivity contribution < 1.29 is 29.6 Å². The molecular weight excluding hydrogens is 774 g/mol. The Hall–Kier alpha value is -6.13. The van der Waals surface area contributed by atoms with Gasteiger partial charge in [0.25, 0.3) is 0 Å². The predicted octanol–water partition coefficient (Wildman–Crippen LogP) is 12.0. The maximum Gasteiger partial charge on any atom is 2.00 e. The van der Waals surface area contributed by atoms with E-state index in [0.29, 0.717) is 17.3 Å². The van der Waals surface area contributed by atoms with Gasteiger partial charge in [-0.3, -0.25) is 4.68 Å². The zero-order chi connectivity index (χ0) is 36.6. The summed E-state index contributed by atoms with van der Waals surface area (Å²) in [6.07, 6.45) is 2.98. The van der Waals surface area contributed by atoms with E-state index in [0.717, 1.165) is 68.4 Å². The van der Waals surface area contributed by atoms with Crippen molar-refractivity contribution in [3.63, 3.8) is 0 Å². The van der Waals surface area contributed by atoms with Gasteiger partial charge in [-0.15, -0.1) is 35.7 Å². The first-order valence-electron chi connectivity index (χ1n) is 18.2. The van der Waals surface area contributed by atoms with Crippen molar-refractivity contribution >= 4 is 21.8 Å². The summed E-state index contributed by atoms with van der Waals surface area (Å²) >= 11 is 0. The second-order valence-corrected chi connectivity index (χ2v) is 13.1. The molecule has 0 saturated heterocycles. The van der Waals surface area contributed by atoms with Crippen LogP contribution in [0.5, 0.6) is 11.5 Å². The third-order valence-corrected chi connectivity index (χ3v) is 9.90. The molecule has 0 bridgehead atoms. The van der Waals surface area contributed by atoms with Crippen molar-refractivity contribution in [1.29, 1.82) is 0 Å². The van der Waals surface area contributed by atoms with Crippen molar-refractivity contribution in [3.8, 4) is 56.4 Å². The first-order valence-corrected chi connectivity index (χ1v) is 18.2. The number of benzene rings is 6. The van der Waals surface area contributed by atoms with Crippen molar-refractivity contribution in [1.82, 2.24) is 19.3 Å². The molecule has 0 saturated carbocycles. The van der Waals surface area contributed by atoms with Crippen LogP contribution in [0.1, 0.15) is 25.2 Å². The predicted molar refractivity (Wildman–Crippen MR) is 215 cm³/mol. The van der Waals surface area contributed by atoms with Gasteiger partial charge in [0.05, 0.1) is 5.69 Å². The molecule has 0 aliphatic rings. The minimum Gasteiger partial charge on any atom is -0.509 e. The monoisotopic (exact) mass is 808 g/mol. The van der Waals surface area contributed by atoms with Crippen LogP contribution < -0.4 is 4.74 Å². The number of fused-ring (bicyclic) bond motifs is 3. The summed E-state index contributed by atoms with van der Waals surface area (Å²) in [5.41, 5.74) is 11.5. The van der Waals surface area contributed by atoms with E-state index < -0.39 is 0 Å². The van der Waals surface area contributed by atoms with Crippen LogP contribution in [0.2, 0.25) is 0 Å². The number of aromatic nitrogens is 4. The van der Waals surface area contributed by atoms with Gasteiger partial charge in [-0.2, -0.15) is 17.2 Å². The summed E-state index contributed by atoms with van der Waals surface area (Å²) in [7, 11) is 0. The molecule has 7 heteroatoms.